The molecule has 1 amide bonds. The average Bonchev–Trinajstić information content (AvgIpc) is 3.30. The second kappa shape index (κ2) is 7.73. The highest BCUT2D eigenvalue weighted by molar-refractivity contribution is 7.94. The normalized spacial score (nSPS) is 11.6. The summed E-state index contributed by atoms with van der Waals surface area (Å²) in [7, 11) is -3.66. The molecule has 2 heterocycles. The average molecular weight is 410 g/mol. The van der Waals surface area contributed by atoms with Crippen LogP contribution in [0.25, 0.3) is 10.9 Å². The fourth-order valence-corrected chi connectivity index (χ4v) is 5.43. The van der Waals surface area contributed by atoms with Gasteiger partial charge >= 0.3 is 0 Å². The van der Waals surface area contributed by atoms with Crippen LogP contribution in [0.15, 0.2) is 46.0 Å². The van der Waals surface area contributed by atoms with Crippen molar-refractivity contribution in [3.8, 4) is 0 Å². The standard InChI is InChI=1S/C17H19N3O3S3/c1-2-20(26(22,23)15-7-4-10-25-15)14-6-3-5-12-11-13(19-16(12)14)17(21)18-8-9-24/h3-7,10-11,19,24H,2,8-9H2,1H3,(H,18,21). The highest BCUT2D eigenvalue weighted by Crippen LogP contribution is 2.32. The van der Waals surface area contributed by atoms with E-state index in [0.29, 0.717) is 29.2 Å². The Kier molecular flexibility index (Phi) is 5.59. The highest BCUT2D eigenvalue weighted by atomic mass is 32.2. The molecule has 0 fully saturated rings. The van der Waals surface area contributed by atoms with E-state index in [4.69, 9.17) is 0 Å². The van der Waals surface area contributed by atoms with Gasteiger partial charge in [0.05, 0.1) is 11.2 Å². The molecule has 0 saturated carbocycles. The Labute approximate surface area is 161 Å². The second-order valence-corrected chi connectivity index (χ2v) is 8.99. The third-order valence-corrected chi connectivity index (χ3v) is 7.36. The first-order valence-corrected chi connectivity index (χ1v) is 11.0. The van der Waals surface area contributed by atoms with Crippen LogP contribution in [0.2, 0.25) is 0 Å². The van der Waals surface area contributed by atoms with E-state index in [9.17, 15) is 13.2 Å². The van der Waals surface area contributed by atoms with Crippen molar-refractivity contribution in [1.29, 1.82) is 0 Å². The SMILES string of the molecule is CCN(c1cccc2cc(C(=O)NCCS)[nH]c12)S(=O)(=O)c1cccs1. The van der Waals surface area contributed by atoms with Crippen LogP contribution in [0.1, 0.15) is 17.4 Å². The lowest BCUT2D eigenvalue weighted by Gasteiger charge is -2.22. The number of aromatic nitrogens is 1. The number of amides is 1. The smallest absolute Gasteiger partial charge is 0.273 e. The number of benzene rings is 1. The molecule has 0 aliphatic rings. The number of H-pyrrole nitrogens is 1. The van der Waals surface area contributed by atoms with Gasteiger partial charge in [0.15, 0.2) is 0 Å². The Morgan fingerprint density at radius 3 is 2.77 bits per heavy atom. The lowest BCUT2D eigenvalue weighted by atomic mass is 10.2. The fraction of sp³-hybridized carbons (Fsp3) is 0.235. The van der Waals surface area contributed by atoms with E-state index in [1.165, 1.54) is 15.6 Å². The maximum atomic E-state index is 13.0. The largest absolute Gasteiger partial charge is 0.350 e. The summed E-state index contributed by atoms with van der Waals surface area (Å²) in [6, 6.07) is 10.4. The van der Waals surface area contributed by atoms with Gasteiger partial charge < -0.3 is 10.3 Å². The van der Waals surface area contributed by atoms with Crippen LogP contribution in [-0.2, 0) is 10.0 Å². The molecule has 0 aliphatic heterocycles. The molecule has 0 radical (unpaired) electrons. The topological polar surface area (TPSA) is 82.3 Å². The number of hydrogen-bond donors (Lipinski definition) is 3. The lowest BCUT2D eigenvalue weighted by Crippen LogP contribution is -2.30. The number of rotatable bonds is 7. The molecule has 26 heavy (non-hydrogen) atoms. The van der Waals surface area contributed by atoms with Crippen molar-refractivity contribution in [1.82, 2.24) is 10.3 Å². The molecular formula is C17H19N3O3S3. The molecule has 0 saturated heterocycles. The Morgan fingerprint density at radius 1 is 1.31 bits per heavy atom. The summed E-state index contributed by atoms with van der Waals surface area (Å²) < 4.78 is 27.6. The minimum atomic E-state index is -3.66. The number of thiophene rings is 1. The van der Waals surface area contributed by atoms with Gasteiger partial charge in [-0.15, -0.1) is 11.3 Å². The number of para-hydroxylation sites is 1. The minimum absolute atomic E-state index is 0.245. The Hall–Kier alpha value is -1.97. The van der Waals surface area contributed by atoms with Gasteiger partial charge in [-0.1, -0.05) is 18.2 Å². The number of aromatic amines is 1. The Morgan fingerprint density at radius 2 is 2.12 bits per heavy atom. The quantitative estimate of drug-likeness (QED) is 0.525. The van der Waals surface area contributed by atoms with E-state index in [0.717, 1.165) is 5.39 Å². The first-order chi connectivity index (χ1) is 12.5. The van der Waals surface area contributed by atoms with Gasteiger partial charge in [0.1, 0.15) is 9.90 Å². The number of fused-ring (bicyclic) bond motifs is 1. The zero-order valence-electron chi connectivity index (χ0n) is 14.1. The van der Waals surface area contributed by atoms with Crippen LogP contribution < -0.4 is 9.62 Å². The molecule has 9 heteroatoms. The molecule has 6 nitrogen and oxygen atoms in total. The molecule has 2 N–H and O–H groups in total. The van der Waals surface area contributed by atoms with Gasteiger partial charge in [-0.3, -0.25) is 9.10 Å². The minimum Gasteiger partial charge on any atom is -0.350 e. The van der Waals surface area contributed by atoms with Gasteiger partial charge in [0.2, 0.25) is 0 Å². The molecule has 0 spiro atoms. The highest BCUT2D eigenvalue weighted by Gasteiger charge is 2.26. The number of carbonyl (C=O) groups is 1. The lowest BCUT2D eigenvalue weighted by molar-refractivity contribution is 0.0952. The van der Waals surface area contributed by atoms with Crippen molar-refractivity contribution in [3.05, 3.63) is 47.5 Å². The van der Waals surface area contributed by atoms with Crippen molar-refractivity contribution in [2.24, 2.45) is 0 Å². The van der Waals surface area contributed by atoms with Gasteiger partial charge in [-0.2, -0.15) is 12.6 Å². The number of nitrogens with one attached hydrogen (secondary N) is 2. The second-order valence-electron chi connectivity index (χ2n) is 5.51. The Bertz CT molecular complexity index is 1010. The van der Waals surface area contributed by atoms with E-state index in [1.807, 2.05) is 6.07 Å². The zero-order chi connectivity index (χ0) is 18.7. The van der Waals surface area contributed by atoms with Crippen LogP contribution in [0.4, 0.5) is 5.69 Å². The summed E-state index contributed by atoms with van der Waals surface area (Å²) in [5, 5.41) is 5.26. The predicted molar refractivity (Wildman–Crippen MR) is 109 cm³/mol. The summed E-state index contributed by atoms with van der Waals surface area (Å²) in [6.07, 6.45) is 0. The van der Waals surface area contributed by atoms with Crippen LogP contribution in [-0.4, -0.2) is 38.2 Å². The number of nitrogens with zero attached hydrogens (tertiary/aromatic N) is 1. The third kappa shape index (κ3) is 3.46. The maximum absolute atomic E-state index is 13.0. The fourth-order valence-electron chi connectivity index (χ4n) is 2.72. The number of carbonyl (C=O) groups excluding carboxylic acids is 1. The van der Waals surface area contributed by atoms with E-state index < -0.39 is 10.0 Å². The van der Waals surface area contributed by atoms with E-state index >= 15 is 0 Å². The van der Waals surface area contributed by atoms with Crippen molar-refractivity contribution in [3.63, 3.8) is 0 Å². The Balaban J connectivity index is 2.06. The van der Waals surface area contributed by atoms with Crippen molar-refractivity contribution < 1.29 is 13.2 Å². The van der Waals surface area contributed by atoms with Crippen LogP contribution in [0.5, 0.6) is 0 Å². The monoisotopic (exact) mass is 409 g/mol. The molecule has 2 aromatic heterocycles. The van der Waals surface area contributed by atoms with Crippen molar-refractivity contribution in [2.45, 2.75) is 11.1 Å². The maximum Gasteiger partial charge on any atom is 0.273 e. The van der Waals surface area contributed by atoms with Gasteiger partial charge in [0, 0.05) is 24.2 Å². The van der Waals surface area contributed by atoms with E-state index in [1.54, 1.807) is 42.6 Å². The summed E-state index contributed by atoms with van der Waals surface area (Å²) in [5.74, 6) is 0.297. The molecule has 0 atom stereocenters. The zero-order valence-corrected chi connectivity index (χ0v) is 16.6. The summed E-state index contributed by atoms with van der Waals surface area (Å²) in [5.41, 5.74) is 1.52. The predicted octanol–water partition coefficient (Wildman–Crippen LogP) is 3.10. The van der Waals surface area contributed by atoms with Crippen molar-refractivity contribution in [2.75, 3.05) is 23.1 Å². The molecule has 138 valence electrons. The van der Waals surface area contributed by atoms with Crippen molar-refractivity contribution >= 4 is 56.5 Å². The summed E-state index contributed by atoms with van der Waals surface area (Å²) in [6.45, 7) is 2.52. The molecule has 0 bridgehead atoms. The van der Waals surface area contributed by atoms with Crippen LogP contribution in [0, 0.1) is 0 Å². The number of anilines is 1. The number of sulfonamides is 1. The summed E-state index contributed by atoms with van der Waals surface area (Å²) in [4.78, 5) is 15.3. The molecular weight excluding hydrogens is 390 g/mol. The van der Waals surface area contributed by atoms with Gasteiger partial charge in [-0.05, 0) is 30.5 Å². The number of thiol groups is 1. The van der Waals surface area contributed by atoms with Crippen LogP contribution >= 0.6 is 24.0 Å². The van der Waals surface area contributed by atoms with Crippen LogP contribution in [0.3, 0.4) is 0 Å². The third-order valence-electron chi connectivity index (χ3n) is 3.87. The first-order valence-electron chi connectivity index (χ1n) is 8.06. The van der Waals surface area contributed by atoms with Gasteiger partial charge in [0.25, 0.3) is 15.9 Å². The molecule has 3 aromatic rings. The molecule has 3 rings (SSSR count). The molecule has 0 unspecified atom stereocenters. The number of hydrogen-bond acceptors (Lipinski definition) is 5. The first kappa shape index (κ1) is 18.8. The van der Waals surface area contributed by atoms with E-state index in [2.05, 4.69) is 22.9 Å². The molecule has 1 aromatic carbocycles. The summed E-state index contributed by atoms with van der Waals surface area (Å²) >= 11 is 5.26. The van der Waals surface area contributed by atoms with E-state index in [-0.39, 0.29) is 16.7 Å². The van der Waals surface area contributed by atoms with Gasteiger partial charge in [-0.25, -0.2) is 8.42 Å². The molecule has 0 aliphatic carbocycles.